The van der Waals surface area contributed by atoms with E-state index in [1.807, 2.05) is 13.0 Å². The quantitative estimate of drug-likeness (QED) is 0.842. The first-order valence-electron chi connectivity index (χ1n) is 7.13. The van der Waals surface area contributed by atoms with Crippen LogP contribution in [-0.4, -0.2) is 56.1 Å². The van der Waals surface area contributed by atoms with Crippen LogP contribution >= 0.6 is 15.9 Å². The second-order valence-electron chi connectivity index (χ2n) is 5.06. The Labute approximate surface area is 133 Å². The molecule has 2 rings (SSSR count). The Morgan fingerprint density at radius 1 is 1.43 bits per heavy atom. The number of morpholine rings is 1. The molecule has 1 saturated heterocycles. The van der Waals surface area contributed by atoms with Crippen LogP contribution in [0.1, 0.15) is 12.5 Å². The molecule has 1 atom stereocenters. The lowest BCUT2D eigenvalue weighted by Gasteiger charge is -2.30. The van der Waals surface area contributed by atoms with Crippen LogP contribution in [0, 0.1) is 0 Å². The Morgan fingerprint density at radius 2 is 2.24 bits per heavy atom. The number of rotatable bonds is 6. The molecule has 0 spiro atoms. The van der Waals surface area contributed by atoms with Crippen LogP contribution in [0.25, 0.3) is 0 Å². The number of ether oxygens (including phenoxy) is 3. The van der Waals surface area contributed by atoms with E-state index in [0.29, 0.717) is 24.7 Å². The Bertz CT molecular complexity index is 469. The van der Waals surface area contributed by atoms with Crippen molar-refractivity contribution in [2.45, 2.75) is 19.6 Å². The smallest absolute Gasteiger partial charge is 0.175 e. The minimum Gasteiger partial charge on any atom is -0.490 e. The average Bonchev–Trinajstić information content (AvgIpc) is 2.46. The van der Waals surface area contributed by atoms with Crippen molar-refractivity contribution in [2.24, 2.45) is 0 Å². The molecule has 1 aliphatic heterocycles. The lowest BCUT2D eigenvalue weighted by Crippen LogP contribution is -2.42. The van der Waals surface area contributed by atoms with Gasteiger partial charge in [0.05, 0.1) is 24.3 Å². The van der Waals surface area contributed by atoms with E-state index in [0.717, 1.165) is 29.7 Å². The van der Waals surface area contributed by atoms with Gasteiger partial charge in [-0.2, -0.15) is 0 Å². The highest BCUT2D eigenvalue weighted by Crippen LogP contribution is 2.37. The fourth-order valence-electron chi connectivity index (χ4n) is 2.26. The molecule has 21 heavy (non-hydrogen) atoms. The van der Waals surface area contributed by atoms with Crippen LogP contribution in [0.3, 0.4) is 0 Å². The summed E-state index contributed by atoms with van der Waals surface area (Å²) in [4.78, 5) is 2.23. The van der Waals surface area contributed by atoms with Crippen LogP contribution < -0.4 is 9.47 Å². The lowest BCUT2D eigenvalue weighted by atomic mass is 10.2. The minimum absolute atomic E-state index is 0.0323. The summed E-state index contributed by atoms with van der Waals surface area (Å²) in [5.41, 5.74) is 0.784. The average molecular weight is 360 g/mol. The highest BCUT2D eigenvalue weighted by Gasteiger charge is 2.20. The number of hydrogen-bond acceptors (Lipinski definition) is 5. The molecule has 0 amide bonds. The number of benzene rings is 1. The van der Waals surface area contributed by atoms with Gasteiger partial charge in [0.2, 0.25) is 0 Å². The summed E-state index contributed by atoms with van der Waals surface area (Å²) in [5.74, 6) is 1.30. The Morgan fingerprint density at radius 3 is 2.90 bits per heavy atom. The largest absolute Gasteiger partial charge is 0.490 e. The molecule has 5 nitrogen and oxygen atoms in total. The fraction of sp³-hybridized carbons (Fsp3) is 0.600. The van der Waals surface area contributed by atoms with Gasteiger partial charge in [-0.05, 0) is 47.6 Å². The molecule has 1 aromatic rings. The van der Waals surface area contributed by atoms with Crippen molar-refractivity contribution >= 4 is 15.9 Å². The monoisotopic (exact) mass is 359 g/mol. The molecular formula is C15H22BrNO4. The number of hydrogen-bond donors (Lipinski definition) is 1. The molecule has 0 saturated carbocycles. The zero-order chi connectivity index (χ0) is 15.2. The number of aliphatic hydroxyl groups excluding tert-OH is 1. The summed E-state index contributed by atoms with van der Waals surface area (Å²) in [6.07, 6.45) is 0.0580. The number of halogens is 1. The van der Waals surface area contributed by atoms with Crippen LogP contribution in [0.4, 0.5) is 0 Å². The first-order chi connectivity index (χ1) is 10.1. The van der Waals surface area contributed by atoms with Crippen molar-refractivity contribution in [3.63, 3.8) is 0 Å². The van der Waals surface area contributed by atoms with Gasteiger partial charge < -0.3 is 24.2 Å². The van der Waals surface area contributed by atoms with Crippen molar-refractivity contribution in [3.05, 3.63) is 22.2 Å². The molecule has 0 aliphatic carbocycles. The standard InChI is InChI=1S/C15H22BrNO4/c1-3-19-14-7-11(9-18)6-13(16)15(14)21-10-12-8-17(2)4-5-20-12/h6-7,12,18H,3-5,8-10H2,1-2H3. The highest BCUT2D eigenvalue weighted by molar-refractivity contribution is 9.10. The summed E-state index contributed by atoms with van der Waals surface area (Å²) in [7, 11) is 2.08. The molecule has 1 aliphatic rings. The summed E-state index contributed by atoms with van der Waals surface area (Å²) in [6.45, 7) is 5.44. The molecule has 1 N–H and O–H groups in total. The van der Waals surface area contributed by atoms with Gasteiger partial charge in [-0.3, -0.25) is 0 Å². The zero-order valence-corrected chi connectivity index (χ0v) is 14.1. The molecule has 1 fully saturated rings. The second-order valence-corrected chi connectivity index (χ2v) is 5.92. The maximum atomic E-state index is 9.27. The molecule has 1 aromatic carbocycles. The van der Waals surface area contributed by atoms with E-state index >= 15 is 0 Å². The van der Waals surface area contributed by atoms with E-state index in [-0.39, 0.29) is 12.7 Å². The number of nitrogens with zero attached hydrogens (tertiary/aromatic N) is 1. The normalized spacial score (nSPS) is 19.5. The van der Waals surface area contributed by atoms with Crippen molar-refractivity contribution in [3.8, 4) is 11.5 Å². The number of likely N-dealkylation sites (N-methyl/N-ethyl adjacent to an activating group) is 1. The van der Waals surface area contributed by atoms with Crippen LogP contribution in [-0.2, 0) is 11.3 Å². The maximum absolute atomic E-state index is 9.27. The Hall–Kier alpha value is -0.820. The maximum Gasteiger partial charge on any atom is 0.175 e. The number of aliphatic hydroxyl groups is 1. The van der Waals surface area contributed by atoms with Gasteiger partial charge in [-0.1, -0.05) is 0 Å². The Balaban J connectivity index is 2.07. The van der Waals surface area contributed by atoms with Gasteiger partial charge in [-0.25, -0.2) is 0 Å². The van der Waals surface area contributed by atoms with Crippen LogP contribution in [0.5, 0.6) is 11.5 Å². The first-order valence-corrected chi connectivity index (χ1v) is 7.92. The molecule has 0 bridgehead atoms. The minimum atomic E-state index is -0.0323. The van der Waals surface area contributed by atoms with E-state index in [9.17, 15) is 5.11 Å². The van der Waals surface area contributed by atoms with E-state index in [1.54, 1.807) is 6.07 Å². The van der Waals surface area contributed by atoms with Gasteiger partial charge in [0, 0.05) is 13.1 Å². The van der Waals surface area contributed by atoms with Gasteiger partial charge in [-0.15, -0.1) is 0 Å². The van der Waals surface area contributed by atoms with Crippen molar-refractivity contribution in [1.82, 2.24) is 4.90 Å². The molecule has 1 heterocycles. The summed E-state index contributed by atoms with van der Waals surface area (Å²) >= 11 is 3.48. The predicted octanol–water partition coefficient (Wildman–Crippen LogP) is 2.05. The van der Waals surface area contributed by atoms with Crippen molar-refractivity contribution in [2.75, 3.05) is 40.0 Å². The van der Waals surface area contributed by atoms with Crippen LogP contribution in [0.15, 0.2) is 16.6 Å². The molecular weight excluding hydrogens is 338 g/mol. The van der Waals surface area contributed by atoms with Gasteiger partial charge in [0.15, 0.2) is 11.5 Å². The van der Waals surface area contributed by atoms with Gasteiger partial charge in [0.25, 0.3) is 0 Å². The third-order valence-electron chi connectivity index (χ3n) is 3.31. The lowest BCUT2D eigenvalue weighted by molar-refractivity contribution is -0.0408. The zero-order valence-electron chi connectivity index (χ0n) is 12.5. The van der Waals surface area contributed by atoms with Crippen molar-refractivity contribution in [1.29, 1.82) is 0 Å². The third-order valence-corrected chi connectivity index (χ3v) is 3.90. The van der Waals surface area contributed by atoms with Gasteiger partial charge in [0.1, 0.15) is 12.7 Å². The molecule has 0 radical (unpaired) electrons. The van der Waals surface area contributed by atoms with E-state index in [4.69, 9.17) is 14.2 Å². The first kappa shape index (κ1) is 16.5. The predicted molar refractivity (Wildman–Crippen MR) is 84.0 cm³/mol. The van der Waals surface area contributed by atoms with Crippen LogP contribution in [0.2, 0.25) is 0 Å². The fourth-order valence-corrected chi connectivity index (χ4v) is 2.86. The molecule has 118 valence electrons. The topological polar surface area (TPSA) is 51.2 Å². The molecule has 1 unspecified atom stereocenters. The second kappa shape index (κ2) is 7.98. The van der Waals surface area contributed by atoms with Crippen molar-refractivity contribution < 1.29 is 19.3 Å². The molecule has 6 heteroatoms. The van der Waals surface area contributed by atoms with E-state index in [2.05, 4.69) is 27.9 Å². The summed E-state index contributed by atoms with van der Waals surface area (Å²) < 4.78 is 18.0. The Kier molecular flexibility index (Phi) is 6.29. The third kappa shape index (κ3) is 4.57. The van der Waals surface area contributed by atoms with E-state index in [1.165, 1.54) is 0 Å². The van der Waals surface area contributed by atoms with Gasteiger partial charge >= 0.3 is 0 Å². The summed E-state index contributed by atoms with van der Waals surface area (Å²) in [6, 6.07) is 3.64. The highest BCUT2D eigenvalue weighted by atomic mass is 79.9. The summed E-state index contributed by atoms with van der Waals surface area (Å²) in [5, 5.41) is 9.27. The molecule has 0 aromatic heterocycles. The SMILES string of the molecule is CCOc1cc(CO)cc(Br)c1OCC1CN(C)CCO1. The van der Waals surface area contributed by atoms with E-state index < -0.39 is 0 Å².